The average Bonchev–Trinajstić information content (AvgIpc) is 2.37. The van der Waals surface area contributed by atoms with E-state index in [1.54, 1.807) is 6.07 Å². The molecular formula is C17H26FN. The van der Waals surface area contributed by atoms with Gasteiger partial charge in [-0.05, 0) is 73.7 Å². The largest absolute Gasteiger partial charge is 0.330 e. The third-order valence-corrected chi connectivity index (χ3v) is 4.83. The fourth-order valence-corrected chi connectivity index (χ4v) is 3.72. The van der Waals surface area contributed by atoms with Crippen LogP contribution in [0.4, 0.5) is 4.39 Å². The minimum absolute atomic E-state index is 0.0299. The van der Waals surface area contributed by atoms with Crippen LogP contribution in [0.2, 0.25) is 0 Å². The van der Waals surface area contributed by atoms with Crippen LogP contribution in [0.3, 0.4) is 0 Å². The lowest BCUT2D eigenvalue weighted by molar-refractivity contribution is 0.231. The molecule has 0 amide bonds. The summed E-state index contributed by atoms with van der Waals surface area (Å²) in [5.41, 5.74) is 8.96. The van der Waals surface area contributed by atoms with Gasteiger partial charge in [-0.1, -0.05) is 25.8 Å². The molecule has 1 nitrogen and oxygen atoms in total. The molecule has 3 unspecified atom stereocenters. The predicted octanol–water partition coefficient (Wildman–Crippen LogP) is 4.31. The zero-order valence-corrected chi connectivity index (χ0v) is 12.4. The summed E-state index contributed by atoms with van der Waals surface area (Å²) in [6, 6.07) is 3.77. The normalized spacial score (nSPS) is 27.5. The number of benzene rings is 1. The molecule has 19 heavy (non-hydrogen) atoms. The molecule has 106 valence electrons. The van der Waals surface area contributed by atoms with Crippen LogP contribution in [-0.2, 0) is 0 Å². The molecule has 1 fully saturated rings. The highest BCUT2D eigenvalue weighted by atomic mass is 19.1. The van der Waals surface area contributed by atoms with Gasteiger partial charge in [-0.2, -0.15) is 0 Å². The Bertz CT molecular complexity index is 418. The summed E-state index contributed by atoms with van der Waals surface area (Å²) in [7, 11) is 0. The van der Waals surface area contributed by atoms with Crippen LogP contribution in [0, 0.1) is 31.5 Å². The third kappa shape index (κ3) is 3.00. The fraction of sp³-hybridized carbons (Fsp3) is 0.647. The van der Waals surface area contributed by atoms with E-state index in [2.05, 4.69) is 13.0 Å². The van der Waals surface area contributed by atoms with Crippen LogP contribution in [0.5, 0.6) is 0 Å². The van der Waals surface area contributed by atoms with Crippen molar-refractivity contribution in [3.05, 3.63) is 34.6 Å². The van der Waals surface area contributed by atoms with E-state index in [9.17, 15) is 4.39 Å². The molecule has 1 aliphatic rings. The lowest BCUT2D eigenvalue weighted by Crippen LogP contribution is -2.30. The Morgan fingerprint density at radius 1 is 1.26 bits per heavy atom. The Labute approximate surface area is 116 Å². The van der Waals surface area contributed by atoms with Crippen molar-refractivity contribution >= 4 is 0 Å². The van der Waals surface area contributed by atoms with E-state index in [-0.39, 0.29) is 5.82 Å². The molecule has 1 aliphatic carbocycles. The van der Waals surface area contributed by atoms with E-state index in [0.29, 0.717) is 18.4 Å². The summed E-state index contributed by atoms with van der Waals surface area (Å²) in [6.07, 6.45) is 4.69. The van der Waals surface area contributed by atoms with E-state index in [4.69, 9.17) is 5.73 Å². The van der Waals surface area contributed by atoms with Crippen molar-refractivity contribution in [3.63, 3.8) is 0 Å². The van der Waals surface area contributed by atoms with Crippen LogP contribution in [0.1, 0.15) is 55.2 Å². The molecule has 3 atom stereocenters. The van der Waals surface area contributed by atoms with Gasteiger partial charge in [-0.25, -0.2) is 4.39 Å². The van der Waals surface area contributed by atoms with Gasteiger partial charge < -0.3 is 5.73 Å². The van der Waals surface area contributed by atoms with E-state index < -0.39 is 0 Å². The van der Waals surface area contributed by atoms with Gasteiger partial charge in [0, 0.05) is 0 Å². The fourth-order valence-electron chi connectivity index (χ4n) is 3.72. The smallest absolute Gasteiger partial charge is 0.127 e. The summed E-state index contributed by atoms with van der Waals surface area (Å²) in [5, 5.41) is 0. The van der Waals surface area contributed by atoms with Crippen molar-refractivity contribution in [2.75, 3.05) is 6.54 Å². The highest BCUT2D eigenvalue weighted by Gasteiger charge is 2.32. The SMILES string of the molecule is CCC1CCC(CN)C(c2c(C)cc(C)cc2F)C1. The molecule has 1 saturated carbocycles. The third-order valence-electron chi connectivity index (χ3n) is 4.83. The van der Waals surface area contributed by atoms with Gasteiger partial charge in [-0.15, -0.1) is 0 Å². The summed E-state index contributed by atoms with van der Waals surface area (Å²) >= 11 is 0. The first-order valence-corrected chi connectivity index (χ1v) is 7.53. The van der Waals surface area contributed by atoms with Crippen LogP contribution >= 0.6 is 0 Å². The van der Waals surface area contributed by atoms with Crippen molar-refractivity contribution in [1.29, 1.82) is 0 Å². The Balaban J connectivity index is 2.36. The van der Waals surface area contributed by atoms with Crippen LogP contribution in [0.15, 0.2) is 12.1 Å². The molecule has 0 heterocycles. The standard InChI is InChI=1S/C17H26FN/c1-4-13-5-6-14(10-19)15(9-13)17-12(3)7-11(2)8-16(17)18/h7-8,13-15H,4-6,9-10,19H2,1-3H3. The Kier molecular flexibility index (Phi) is 4.62. The van der Waals surface area contributed by atoms with Gasteiger partial charge in [-0.3, -0.25) is 0 Å². The second-order valence-corrected chi connectivity index (χ2v) is 6.17. The first kappa shape index (κ1) is 14.5. The lowest BCUT2D eigenvalue weighted by Gasteiger charge is -2.36. The van der Waals surface area contributed by atoms with E-state index in [1.807, 2.05) is 13.8 Å². The summed E-state index contributed by atoms with van der Waals surface area (Å²) in [6.45, 7) is 6.90. The number of hydrogen-bond donors (Lipinski definition) is 1. The quantitative estimate of drug-likeness (QED) is 0.864. The number of rotatable bonds is 3. The van der Waals surface area contributed by atoms with E-state index >= 15 is 0 Å². The Morgan fingerprint density at radius 2 is 2.00 bits per heavy atom. The number of aryl methyl sites for hydroxylation is 2. The van der Waals surface area contributed by atoms with Crippen LogP contribution in [-0.4, -0.2) is 6.54 Å². The molecule has 0 radical (unpaired) electrons. The summed E-state index contributed by atoms with van der Waals surface area (Å²) < 4.78 is 14.4. The second kappa shape index (κ2) is 6.04. The maximum Gasteiger partial charge on any atom is 0.127 e. The van der Waals surface area contributed by atoms with Crippen molar-refractivity contribution in [2.45, 2.75) is 52.4 Å². The van der Waals surface area contributed by atoms with Crippen LogP contribution in [0.25, 0.3) is 0 Å². The second-order valence-electron chi connectivity index (χ2n) is 6.17. The Hall–Kier alpha value is -0.890. The molecule has 2 N–H and O–H groups in total. The topological polar surface area (TPSA) is 26.0 Å². The molecule has 1 aromatic rings. The molecule has 0 spiro atoms. The van der Waals surface area contributed by atoms with Crippen molar-refractivity contribution in [3.8, 4) is 0 Å². The Morgan fingerprint density at radius 3 is 2.58 bits per heavy atom. The molecular weight excluding hydrogens is 237 g/mol. The summed E-state index contributed by atoms with van der Waals surface area (Å²) in [5.74, 6) is 1.45. The zero-order chi connectivity index (χ0) is 14.0. The maximum atomic E-state index is 14.4. The highest BCUT2D eigenvalue weighted by Crippen LogP contribution is 2.43. The number of hydrogen-bond acceptors (Lipinski definition) is 1. The molecule has 0 aliphatic heterocycles. The van der Waals surface area contributed by atoms with Crippen molar-refractivity contribution < 1.29 is 4.39 Å². The highest BCUT2D eigenvalue weighted by molar-refractivity contribution is 5.35. The van der Waals surface area contributed by atoms with Gasteiger partial charge in [0.1, 0.15) is 5.82 Å². The van der Waals surface area contributed by atoms with Crippen molar-refractivity contribution in [2.24, 2.45) is 17.6 Å². The zero-order valence-electron chi connectivity index (χ0n) is 12.4. The lowest BCUT2D eigenvalue weighted by atomic mass is 9.69. The summed E-state index contributed by atoms with van der Waals surface area (Å²) in [4.78, 5) is 0. The molecule has 2 heteroatoms. The minimum Gasteiger partial charge on any atom is -0.330 e. The number of halogens is 1. The minimum atomic E-state index is -0.0299. The van der Waals surface area contributed by atoms with Gasteiger partial charge in [0.2, 0.25) is 0 Å². The molecule has 0 aromatic heterocycles. The van der Waals surface area contributed by atoms with Crippen LogP contribution < -0.4 is 5.73 Å². The van der Waals surface area contributed by atoms with Crippen molar-refractivity contribution in [1.82, 2.24) is 0 Å². The van der Waals surface area contributed by atoms with E-state index in [1.165, 1.54) is 12.8 Å². The monoisotopic (exact) mass is 263 g/mol. The van der Waals surface area contributed by atoms with Gasteiger partial charge >= 0.3 is 0 Å². The predicted molar refractivity (Wildman–Crippen MR) is 78.8 cm³/mol. The molecule has 2 rings (SSSR count). The first-order chi connectivity index (χ1) is 9.06. The van der Waals surface area contributed by atoms with Gasteiger partial charge in [0.25, 0.3) is 0 Å². The first-order valence-electron chi connectivity index (χ1n) is 7.53. The molecule has 0 bridgehead atoms. The molecule has 0 saturated heterocycles. The maximum absolute atomic E-state index is 14.4. The van der Waals surface area contributed by atoms with Gasteiger partial charge in [0.15, 0.2) is 0 Å². The van der Waals surface area contributed by atoms with E-state index in [0.717, 1.165) is 35.4 Å². The van der Waals surface area contributed by atoms with Gasteiger partial charge in [0.05, 0.1) is 0 Å². The molecule has 1 aromatic carbocycles. The average molecular weight is 263 g/mol. The number of nitrogens with two attached hydrogens (primary N) is 1.